The van der Waals surface area contributed by atoms with E-state index < -0.39 is 0 Å². The first-order valence-corrected chi connectivity index (χ1v) is 8.14. The van der Waals surface area contributed by atoms with Crippen LogP contribution in [0.3, 0.4) is 0 Å². The molecular formula is C15H24IN3S. The van der Waals surface area contributed by atoms with Gasteiger partial charge in [-0.1, -0.05) is 37.3 Å². The summed E-state index contributed by atoms with van der Waals surface area (Å²) in [6.07, 6.45) is 1.09. The van der Waals surface area contributed by atoms with Gasteiger partial charge in [0.1, 0.15) is 0 Å². The number of rotatable bonds is 4. The molecule has 5 heteroatoms. The zero-order valence-electron chi connectivity index (χ0n) is 12.0. The van der Waals surface area contributed by atoms with E-state index in [9.17, 15) is 0 Å². The van der Waals surface area contributed by atoms with Crippen molar-refractivity contribution in [1.82, 2.24) is 4.90 Å². The van der Waals surface area contributed by atoms with Gasteiger partial charge in [0.25, 0.3) is 0 Å². The molecule has 0 amide bonds. The first-order valence-electron chi connectivity index (χ1n) is 6.98. The van der Waals surface area contributed by atoms with E-state index in [4.69, 9.17) is 5.73 Å². The van der Waals surface area contributed by atoms with E-state index >= 15 is 0 Å². The van der Waals surface area contributed by atoms with Crippen LogP contribution < -0.4 is 5.73 Å². The van der Waals surface area contributed by atoms with Crippen LogP contribution in [0.15, 0.2) is 35.3 Å². The molecule has 1 saturated heterocycles. The molecule has 1 aliphatic rings. The minimum Gasteiger partial charge on any atom is -0.370 e. The molecule has 0 aliphatic carbocycles. The third-order valence-corrected chi connectivity index (χ3v) is 4.52. The Morgan fingerprint density at radius 3 is 2.55 bits per heavy atom. The summed E-state index contributed by atoms with van der Waals surface area (Å²) in [4.78, 5) is 6.81. The predicted octanol–water partition coefficient (Wildman–Crippen LogP) is 3.16. The van der Waals surface area contributed by atoms with Gasteiger partial charge in [0.05, 0.1) is 0 Å². The van der Waals surface area contributed by atoms with E-state index in [1.165, 1.54) is 5.56 Å². The number of nitrogens with zero attached hydrogens (tertiary/aromatic N) is 2. The molecule has 1 unspecified atom stereocenters. The summed E-state index contributed by atoms with van der Waals surface area (Å²) < 4.78 is 0. The third-order valence-electron chi connectivity index (χ3n) is 3.57. The molecule has 1 aromatic carbocycles. The van der Waals surface area contributed by atoms with Crippen LogP contribution in [0.4, 0.5) is 0 Å². The Balaban J connectivity index is 0.00000200. The molecule has 0 aromatic heterocycles. The highest BCUT2D eigenvalue weighted by molar-refractivity contribution is 14.0. The van der Waals surface area contributed by atoms with E-state index in [0.717, 1.165) is 43.5 Å². The lowest BCUT2D eigenvalue weighted by Crippen LogP contribution is -2.42. The highest BCUT2D eigenvalue weighted by atomic mass is 127. The normalized spacial score (nSPS) is 17.4. The zero-order valence-corrected chi connectivity index (χ0v) is 15.1. The number of guanidine groups is 1. The molecule has 1 atom stereocenters. The van der Waals surface area contributed by atoms with Crippen LogP contribution >= 0.6 is 35.7 Å². The fourth-order valence-electron chi connectivity index (χ4n) is 2.29. The lowest BCUT2D eigenvalue weighted by molar-refractivity contribution is 0.454. The van der Waals surface area contributed by atoms with E-state index in [0.29, 0.717) is 5.92 Å². The summed E-state index contributed by atoms with van der Waals surface area (Å²) in [5.41, 5.74) is 7.45. The van der Waals surface area contributed by atoms with Gasteiger partial charge >= 0.3 is 0 Å². The average Bonchev–Trinajstić information content (AvgIpc) is 2.49. The van der Waals surface area contributed by atoms with Crippen molar-refractivity contribution in [2.45, 2.75) is 19.3 Å². The van der Waals surface area contributed by atoms with Gasteiger partial charge in [0, 0.05) is 37.1 Å². The molecule has 1 aliphatic heterocycles. The van der Waals surface area contributed by atoms with Gasteiger partial charge in [-0.25, -0.2) is 0 Å². The fourth-order valence-corrected chi connectivity index (χ4v) is 3.19. The molecule has 1 heterocycles. The molecule has 0 saturated carbocycles. The SMILES string of the molecule is CCC(CN=C(N)N1CCSCC1)c1ccccc1.I. The summed E-state index contributed by atoms with van der Waals surface area (Å²) in [5.74, 6) is 3.51. The fraction of sp³-hybridized carbons (Fsp3) is 0.533. The monoisotopic (exact) mass is 405 g/mol. The summed E-state index contributed by atoms with van der Waals surface area (Å²) >= 11 is 1.99. The highest BCUT2D eigenvalue weighted by Gasteiger charge is 2.13. The summed E-state index contributed by atoms with van der Waals surface area (Å²) in [6, 6.07) is 10.6. The Labute approximate surface area is 143 Å². The molecule has 112 valence electrons. The molecule has 2 N–H and O–H groups in total. The number of benzene rings is 1. The van der Waals surface area contributed by atoms with Crippen LogP contribution in [0.1, 0.15) is 24.8 Å². The van der Waals surface area contributed by atoms with E-state index in [1.807, 2.05) is 11.8 Å². The number of hydrogen-bond acceptors (Lipinski definition) is 2. The molecule has 0 radical (unpaired) electrons. The topological polar surface area (TPSA) is 41.6 Å². The summed E-state index contributed by atoms with van der Waals surface area (Å²) in [6.45, 7) is 5.06. The van der Waals surface area contributed by atoms with Crippen molar-refractivity contribution in [3.63, 3.8) is 0 Å². The van der Waals surface area contributed by atoms with Crippen molar-refractivity contribution in [2.24, 2.45) is 10.7 Å². The van der Waals surface area contributed by atoms with Crippen molar-refractivity contribution in [3.05, 3.63) is 35.9 Å². The second-order valence-corrected chi connectivity index (χ2v) is 6.04. The lowest BCUT2D eigenvalue weighted by Gasteiger charge is -2.27. The van der Waals surface area contributed by atoms with Gasteiger partial charge in [-0.2, -0.15) is 11.8 Å². The maximum atomic E-state index is 6.10. The standard InChI is InChI=1S/C15H23N3S.HI/c1-2-13(14-6-4-3-5-7-14)12-17-15(16)18-8-10-19-11-9-18;/h3-7,13H,2,8-12H2,1H3,(H2,16,17);1H. The van der Waals surface area contributed by atoms with Crippen molar-refractivity contribution in [2.75, 3.05) is 31.1 Å². The minimum absolute atomic E-state index is 0. The Morgan fingerprint density at radius 2 is 1.95 bits per heavy atom. The molecule has 1 fully saturated rings. The average molecular weight is 405 g/mol. The van der Waals surface area contributed by atoms with Crippen LogP contribution in [0.25, 0.3) is 0 Å². The van der Waals surface area contributed by atoms with Gasteiger partial charge in [-0.15, -0.1) is 24.0 Å². The van der Waals surface area contributed by atoms with Gasteiger partial charge in [0.2, 0.25) is 0 Å². The first kappa shape index (κ1) is 17.6. The predicted molar refractivity (Wildman–Crippen MR) is 100 cm³/mol. The smallest absolute Gasteiger partial charge is 0.191 e. The molecule has 2 rings (SSSR count). The van der Waals surface area contributed by atoms with E-state index in [2.05, 4.69) is 47.1 Å². The van der Waals surface area contributed by atoms with Crippen molar-refractivity contribution < 1.29 is 0 Å². The number of aliphatic imine (C=N–C) groups is 1. The number of nitrogens with two attached hydrogens (primary N) is 1. The van der Waals surface area contributed by atoms with Crippen molar-refractivity contribution in [3.8, 4) is 0 Å². The number of halogens is 1. The van der Waals surface area contributed by atoms with Crippen LogP contribution in [-0.4, -0.2) is 42.0 Å². The van der Waals surface area contributed by atoms with Crippen LogP contribution in [-0.2, 0) is 0 Å². The molecule has 3 nitrogen and oxygen atoms in total. The maximum absolute atomic E-state index is 6.10. The number of thioether (sulfide) groups is 1. The third kappa shape index (κ3) is 5.16. The van der Waals surface area contributed by atoms with Gasteiger partial charge in [-0.05, 0) is 12.0 Å². The quantitative estimate of drug-likeness (QED) is 0.476. The Morgan fingerprint density at radius 1 is 1.30 bits per heavy atom. The van der Waals surface area contributed by atoms with Crippen LogP contribution in [0, 0.1) is 0 Å². The Kier molecular flexibility index (Phi) is 8.37. The maximum Gasteiger partial charge on any atom is 0.191 e. The second kappa shape index (κ2) is 9.50. The van der Waals surface area contributed by atoms with Crippen molar-refractivity contribution in [1.29, 1.82) is 0 Å². The lowest BCUT2D eigenvalue weighted by atomic mass is 9.97. The Bertz CT molecular complexity index is 405. The molecule has 20 heavy (non-hydrogen) atoms. The molecule has 0 bridgehead atoms. The van der Waals surface area contributed by atoms with Gasteiger partial charge in [-0.3, -0.25) is 4.99 Å². The highest BCUT2D eigenvalue weighted by Crippen LogP contribution is 2.19. The largest absolute Gasteiger partial charge is 0.370 e. The van der Waals surface area contributed by atoms with Gasteiger partial charge in [0.15, 0.2) is 5.96 Å². The molecule has 1 aromatic rings. The molecule has 0 spiro atoms. The summed E-state index contributed by atoms with van der Waals surface area (Å²) in [7, 11) is 0. The minimum atomic E-state index is 0. The molecular weight excluding hydrogens is 381 g/mol. The van der Waals surface area contributed by atoms with Crippen molar-refractivity contribution >= 4 is 41.7 Å². The Hall–Kier alpha value is -0.430. The van der Waals surface area contributed by atoms with E-state index in [-0.39, 0.29) is 24.0 Å². The number of hydrogen-bond donors (Lipinski definition) is 1. The van der Waals surface area contributed by atoms with Gasteiger partial charge < -0.3 is 10.6 Å². The summed E-state index contributed by atoms with van der Waals surface area (Å²) in [5, 5.41) is 0. The zero-order chi connectivity index (χ0) is 13.5. The first-order chi connectivity index (χ1) is 9.31. The van der Waals surface area contributed by atoms with E-state index in [1.54, 1.807) is 0 Å². The second-order valence-electron chi connectivity index (χ2n) is 4.81. The van der Waals surface area contributed by atoms with Crippen LogP contribution in [0.2, 0.25) is 0 Å². The van der Waals surface area contributed by atoms with Crippen LogP contribution in [0.5, 0.6) is 0 Å².